The number of amides is 1. The number of aliphatic carboxylic acids is 1. The van der Waals surface area contributed by atoms with Crippen LogP contribution in [-0.2, 0) is 16.0 Å². The number of hydrogen-bond acceptors (Lipinski definition) is 4. The zero-order chi connectivity index (χ0) is 17.9. The quantitative estimate of drug-likeness (QED) is 0.823. The van der Waals surface area contributed by atoms with Gasteiger partial charge in [-0.05, 0) is 11.5 Å². The number of thiazole rings is 1. The molecule has 6 heteroatoms. The third kappa shape index (κ3) is 4.41. The Labute approximate surface area is 145 Å². The van der Waals surface area contributed by atoms with Crippen LogP contribution in [0.2, 0.25) is 0 Å². The molecule has 2 N–H and O–H groups in total. The van der Waals surface area contributed by atoms with Crippen LogP contribution in [-0.4, -0.2) is 22.0 Å². The minimum atomic E-state index is -0.916. The lowest BCUT2D eigenvalue weighted by molar-refractivity contribution is -0.136. The number of carbonyl (C=O) groups is 2. The molecule has 1 aromatic carbocycles. The summed E-state index contributed by atoms with van der Waals surface area (Å²) < 4.78 is 0. The second-order valence-electron chi connectivity index (χ2n) is 6.28. The van der Waals surface area contributed by atoms with Gasteiger partial charge >= 0.3 is 5.97 Å². The van der Waals surface area contributed by atoms with Crippen molar-refractivity contribution in [3.63, 3.8) is 0 Å². The molecule has 0 radical (unpaired) electrons. The monoisotopic (exact) mass is 346 g/mol. The number of aromatic nitrogens is 1. The topological polar surface area (TPSA) is 79.3 Å². The molecule has 0 bridgehead atoms. The van der Waals surface area contributed by atoms with E-state index in [2.05, 4.69) is 24.1 Å². The normalized spacial score (nSPS) is 11.1. The second kappa shape index (κ2) is 7.57. The third-order valence-electron chi connectivity index (χ3n) is 3.61. The van der Waals surface area contributed by atoms with Crippen molar-refractivity contribution in [3.8, 4) is 11.3 Å². The summed E-state index contributed by atoms with van der Waals surface area (Å²) in [5.74, 6) is -0.785. The van der Waals surface area contributed by atoms with Gasteiger partial charge in [0.1, 0.15) is 0 Å². The first kappa shape index (κ1) is 18.1. The first-order valence-electron chi connectivity index (χ1n) is 7.90. The average Bonchev–Trinajstić information content (AvgIpc) is 2.88. The standard InChI is InChI=1S/C18H22N2O3S/c1-10(2)12-5-7-13(8-6-12)16-14(9-15(21)22)24-18(19-16)20-17(23)11(3)4/h5-8,10-11H,9H2,1-4H3,(H,21,22)(H,19,20,23). The molecule has 0 saturated carbocycles. The summed E-state index contributed by atoms with van der Waals surface area (Å²) in [4.78, 5) is 28.1. The van der Waals surface area contributed by atoms with E-state index in [0.29, 0.717) is 21.6 Å². The average molecular weight is 346 g/mol. The molecule has 1 heterocycles. The molecule has 5 nitrogen and oxygen atoms in total. The minimum absolute atomic E-state index is 0.115. The van der Waals surface area contributed by atoms with E-state index in [1.807, 2.05) is 24.3 Å². The van der Waals surface area contributed by atoms with Crippen molar-refractivity contribution in [3.05, 3.63) is 34.7 Å². The lowest BCUT2D eigenvalue weighted by Gasteiger charge is -2.06. The van der Waals surface area contributed by atoms with E-state index in [1.54, 1.807) is 13.8 Å². The Morgan fingerprint density at radius 3 is 2.29 bits per heavy atom. The predicted octanol–water partition coefficient (Wildman–Crippen LogP) is 4.16. The molecule has 0 spiro atoms. The van der Waals surface area contributed by atoms with E-state index >= 15 is 0 Å². The molecule has 0 fully saturated rings. The smallest absolute Gasteiger partial charge is 0.308 e. The van der Waals surface area contributed by atoms with Crippen LogP contribution in [0.4, 0.5) is 5.13 Å². The first-order valence-corrected chi connectivity index (χ1v) is 8.72. The van der Waals surface area contributed by atoms with Crippen molar-refractivity contribution in [1.29, 1.82) is 0 Å². The van der Waals surface area contributed by atoms with Crippen LogP contribution in [0, 0.1) is 5.92 Å². The van der Waals surface area contributed by atoms with Gasteiger partial charge < -0.3 is 10.4 Å². The molecule has 0 atom stereocenters. The Bertz CT molecular complexity index is 733. The number of anilines is 1. The summed E-state index contributed by atoms with van der Waals surface area (Å²) in [5.41, 5.74) is 2.69. The van der Waals surface area contributed by atoms with Crippen molar-refractivity contribution in [2.75, 3.05) is 5.32 Å². The number of carboxylic acid groups (broad SMARTS) is 1. The lowest BCUT2D eigenvalue weighted by Crippen LogP contribution is -2.17. The lowest BCUT2D eigenvalue weighted by atomic mass is 10.0. The molecule has 0 aliphatic rings. The number of carbonyl (C=O) groups excluding carboxylic acids is 1. The van der Waals surface area contributed by atoms with Gasteiger partial charge in [0.2, 0.25) is 5.91 Å². The second-order valence-corrected chi connectivity index (χ2v) is 7.37. The maximum atomic E-state index is 11.9. The van der Waals surface area contributed by atoms with Crippen molar-refractivity contribution in [1.82, 2.24) is 4.98 Å². The number of hydrogen-bond donors (Lipinski definition) is 2. The van der Waals surface area contributed by atoms with Gasteiger partial charge in [-0.25, -0.2) is 4.98 Å². The van der Waals surface area contributed by atoms with Crippen LogP contribution >= 0.6 is 11.3 Å². The molecular weight excluding hydrogens is 324 g/mol. The van der Waals surface area contributed by atoms with Gasteiger partial charge in [0, 0.05) is 16.4 Å². The maximum absolute atomic E-state index is 11.9. The molecule has 1 aromatic heterocycles. The predicted molar refractivity (Wildman–Crippen MR) is 96.4 cm³/mol. The van der Waals surface area contributed by atoms with E-state index in [-0.39, 0.29) is 18.2 Å². The van der Waals surface area contributed by atoms with Gasteiger partial charge in [-0.2, -0.15) is 0 Å². The third-order valence-corrected chi connectivity index (χ3v) is 4.59. The Balaban J connectivity index is 2.37. The zero-order valence-corrected chi connectivity index (χ0v) is 15.1. The van der Waals surface area contributed by atoms with Gasteiger partial charge in [0.05, 0.1) is 12.1 Å². The summed E-state index contributed by atoms with van der Waals surface area (Å²) in [5, 5.41) is 12.3. The number of rotatable bonds is 6. The Morgan fingerprint density at radius 1 is 1.17 bits per heavy atom. The summed E-state index contributed by atoms with van der Waals surface area (Å²) in [6.45, 7) is 7.83. The summed E-state index contributed by atoms with van der Waals surface area (Å²) >= 11 is 1.22. The van der Waals surface area contributed by atoms with Gasteiger partial charge in [-0.15, -0.1) is 11.3 Å². The van der Waals surface area contributed by atoms with Gasteiger partial charge in [-0.3, -0.25) is 9.59 Å². The molecule has 0 unspecified atom stereocenters. The van der Waals surface area contributed by atoms with Crippen LogP contribution in [0.15, 0.2) is 24.3 Å². The first-order chi connectivity index (χ1) is 11.3. The minimum Gasteiger partial charge on any atom is -0.481 e. The van der Waals surface area contributed by atoms with E-state index in [0.717, 1.165) is 5.56 Å². The van der Waals surface area contributed by atoms with E-state index in [9.17, 15) is 9.59 Å². The summed E-state index contributed by atoms with van der Waals surface area (Å²) in [6, 6.07) is 7.94. The maximum Gasteiger partial charge on any atom is 0.308 e. The van der Waals surface area contributed by atoms with Crippen molar-refractivity contribution >= 4 is 28.3 Å². The fourth-order valence-electron chi connectivity index (χ4n) is 2.16. The van der Waals surface area contributed by atoms with Crippen molar-refractivity contribution < 1.29 is 14.7 Å². The van der Waals surface area contributed by atoms with E-state index in [4.69, 9.17) is 5.11 Å². The van der Waals surface area contributed by atoms with E-state index < -0.39 is 5.97 Å². The molecule has 2 rings (SSSR count). The SMILES string of the molecule is CC(C)C(=O)Nc1nc(-c2ccc(C(C)C)cc2)c(CC(=O)O)s1. The van der Waals surface area contributed by atoms with Gasteiger partial charge in [0.25, 0.3) is 0 Å². The Morgan fingerprint density at radius 2 is 1.79 bits per heavy atom. The fraction of sp³-hybridized carbons (Fsp3) is 0.389. The zero-order valence-electron chi connectivity index (χ0n) is 14.3. The Hall–Kier alpha value is -2.21. The van der Waals surface area contributed by atoms with Crippen molar-refractivity contribution in [2.24, 2.45) is 5.92 Å². The van der Waals surface area contributed by atoms with Crippen LogP contribution in [0.5, 0.6) is 0 Å². The van der Waals surface area contributed by atoms with Crippen LogP contribution in [0.25, 0.3) is 11.3 Å². The Kier molecular flexibility index (Phi) is 5.72. The molecule has 0 saturated heterocycles. The number of nitrogens with one attached hydrogen (secondary N) is 1. The molecule has 24 heavy (non-hydrogen) atoms. The highest BCUT2D eigenvalue weighted by Crippen LogP contribution is 2.32. The summed E-state index contributed by atoms with van der Waals surface area (Å²) in [7, 11) is 0. The van der Waals surface area contributed by atoms with Crippen molar-refractivity contribution in [2.45, 2.75) is 40.0 Å². The molecule has 0 aliphatic carbocycles. The van der Waals surface area contributed by atoms with Crippen LogP contribution < -0.4 is 5.32 Å². The van der Waals surface area contributed by atoms with Crippen LogP contribution in [0.1, 0.15) is 44.1 Å². The molecule has 1 amide bonds. The highest BCUT2D eigenvalue weighted by atomic mass is 32.1. The molecular formula is C18H22N2O3S. The number of carboxylic acids is 1. The molecule has 128 valence electrons. The molecule has 2 aromatic rings. The highest BCUT2D eigenvalue weighted by molar-refractivity contribution is 7.16. The van der Waals surface area contributed by atoms with Crippen LogP contribution in [0.3, 0.4) is 0 Å². The highest BCUT2D eigenvalue weighted by Gasteiger charge is 2.18. The van der Waals surface area contributed by atoms with E-state index in [1.165, 1.54) is 16.9 Å². The van der Waals surface area contributed by atoms with Gasteiger partial charge in [-0.1, -0.05) is 52.0 Å². The molecule has 0 aliphatic heterocycles. The number of benzene rings is 1. The van der Waals surface area contributed by atoms with Gasteiger partial charge in [0.15, 0.2) is 5.13 Å². The fourth-order valence-corrected chi connectivity index (χ4v) is 3.14. The summed E-state index contributed by atoms with van der Waals surface area (Å²) in [6.07, 6.45) is -0.115. The largest absolute Gasteiger partial charge is 0.481 e. The number of nitrogens with zero attached hydrogens (tertiary/aromatic N) is 1.